The maximum Gasteiger partial charge on any atom is 0.235 e. The Labute approximate surface area is 139 Å². The van der Waals surface area contributed by atoms with E-state index < -0.39 is 10.0 Å². The highest BCUT2D eigenvalue weighted by Gasteiger charge is 2.28. The summed E-state index contributed by atoms with van der Waals surface area (Å²) in [4.78, 5) is 0. The molecule has 0 bridgehead atoms. The van der Waals surface area contributed by atoms with Gasteiger partial charge in [0.1, 0.15) is 0 Å². The highest BCUT2D eigenvalue weighted by atomic mass is 32.2. The molecule has 1 aromatic carbocycles. The zero-order valence-corrected chi connectivity index (χ0v) is 15.0. The minimum Gasteiger partial charge on any atom is -0.393 e. The fourth-order valence-electron chi connectivity index (χ4n) is 2.76. The number of nitrogens with one attached hydrogen (secondary N) is 1. The summed E-state index contributed by atoms with van der Waals surface area (Å²) < 4.78 is 25.4. The molecule has 0 amide bonds. The predicted molar refractivity (Wildman–Crippen MR) is 94.1 cm³/mol. The van der Waals surface area contributed by atoms with Crippen LogP contribution in [0.3, 0.4) is 0 Å². The smallest absolute Gasteiger partial charge is 0.235 e. The lowest BCUT2D eigenvalue weighted by Crippen LogP contribution is -2.26. The van der Waals surface area contributed by atoms with Gasteiger partial charge in [-0.1, -0.05) is 26.0 Å². The van der Waals surface area contributed by atoms with E-state index in [9.17, 15) is 13.5 Å². The van der Waals surface area contributed by atoms with Crippen molar-refractivity contribution in [3.8, 4) is 0 Å². The Morgan fingerprint density at radius 1 is 1.22 bits per heavy atom. The second-order valence-electron chi connectivity index (χ2n) is 6.61. The largest absolute Gasteiger partial charge is 0.393 e. The van der Waals surface area contributed by atoms with Gasteiger partial charge in [0.05, 0.1) is 17.5 Å². The third-order valence-corrected chi connectivity index (χ3v) is 6.31. The van der Waals surface area contributed by atoms with Crippen LogP contribution in [-0.4, -0.2) is 38.5 Å². The van der Waals surface area contributed by atoms with Crippen LogP contribution in [0.1, 0.15) is 45.2 Å². The van der Waals surface area contributed by atoms with E-state index in [1.165, 1.54) is 4.31 Å². The van der Waals surface area contributed by atoms with Gasteiger partial charge < -0.3 is 10.4 Å². The fourth-order valence-corrected chi connectivity index (χ4v) is 4.32. The molecule has 2 N–H and O–H groups in total. The summed E-state index contributed by atoms with van der Waals surface area (Å²) in [5.41, 5.74) is 1.86. The summed E-state index contributed by atoms with van der Waals surface area (Å²) in [5.74, 6) is 0.513. The molecule has 1 aromatic rings. The maximum absolute atomic E-state index is 11.9. The number of sulfonamides is 1. The van der Waals surface area contributed by atoms with Gasteiger partial charge in [-0.3, -0.25) is 4.31 Å². The summed E-state index contributed by atoms with van der Waals surface area (Å²) in [6.07, 6.45) is 1.14. The van der Waals surface area contributed by atoms with Crippen LogP contribution in [-0.2, 0) is 10.0 Å². The second kappa shape index (κ2) is 7.64. The van der Waals surface area contributed by atoms with Crippen LogP contribution in [0.15, 0.2) is 24.3 Å². The van der Waals surface area contributed by atoms with Gasteiger partial charge in [-0.25, -0.2) is 8.42 Å². The number of aliphatic hydroxyl groups is 1. The maximum atomic E-state index is 11.9. The number of benzene rings is 1. The van der Waals surface area contributed by atoms with E-state index in [4.69, 9.17) is 0 Å². The first-order valence-corrected chi connectivity index (χ1v) is 9.94. The topological polar surface area (TPSA) is 69.6 Å². The molecule has 130 valence electrons. The summed E-state index contributed by atoms with van der Waals surface area (Å²) in [7, 11) is -3.12. The van der Waals surface area contributed by atoms with Crippen molar-refractivity contribution in [2.24, 2.45) is 5.92 Å². The molecule has 2 rings (SSSR count). The Bertz CT molecular complexity index is 599. The molecule has 1 aliphatic heterocycles. The van der Waals surface area contributed by atoms with Crippen LogP contribution < -0.4 is 9.62 Å². The Morgan fingerprint density at radius 3 is 2.39 bits per heavy atom. The van der Waals surface area contributed by atoms with Crippen molar-refractivity contribution in [2.75, 3.05) is 23.1 Å². The van der Waals surface area contributed by atoms with Crippen molar-refractivity contribution in [3.05, 3.63) is 29.8 Å². The van der Waals surface area contributed by atoms with Crippen molar-refractivity contribution < 1.29 is 13.5 Å². The number of aliphatic hydroxyl groups excluding tert-OH is 1. The quantitative estimate of drug-likeness (QED) is 0.799. The highest BCUT2D eigenvalue weighted by Crippen LogP contribution is 2.25. The Morgan fingerprint density at radius 2 is 1.87 bits per heavy atom. The standard InChI is InChI=1S/C17H28N2O3S/c1-13(2)17(20)9-10-18-14(3)15-5-7-16(8-6-15)19-11-4-12-23(19,21)22/h5-8,13-14,17-18,20H,4,9-12H2,1-3H3. The number of rotatable bonds is 7. The summed E-state index contributed by atoms with van der Waals surface area (Å²) in [6, 6.07) is 7.86. The second-order valence-corrected chi connectivity index (χ2v) is 8.62. The summed E-state index contributed by atoms with van der Waals surface area (Å²) >= 11 is 0. The average molecular weight is 340 g/mol. The van der Waals surface area contributed by atoms with Crippen molar-refractivity contribution in [1.82, 2.24) is 5.32 Å². The van der Waals surface area contributed by atoms with Crippen LogP contribution in [0.2, 0.25) is 0 Å². The van der Waals surface area contributed by atoms with E-state index in [0.717, 1.165) is 24.2 Å². The Hall–Kier alpha value is -1.11. The van der Waals surface area contributed by atoms with Crippen LogP contribution in [0.5, 0.6) is 0 Å². The van der Waals surface area contributed by atoms with Gasteiger partial charge in [-0.2, -0.15) is 0 Å². The molecule has 1 heterocycles. The normalized spacial score (nSPS) is 20.0. The molecular formula is C17H28N2O3S. The van der Waals surface area contributed by atoms with Crippen molar-refractivity contribution in [2.45, 2.75) is 45.8 Å². The average Bonchev–Trinajstić information content (AvgIpc) is 2.86. The van der Waals surface area contributed by atoms with Gasteiger partial charge in [0.25, 0.3) is 0 Å². The summed E-state index contributed by atoms with van der Waals surface area (Å²) in [5, 5.41) is 13.2. The lowest BCUT2D eigenvalue weighted by Gasteiger charge is -2.20. The third kappa shape index (κ3) is 4.68. The third-order valence-electron chi connectivity index (χ3n) is 4.44. The lowest BCUT2D eigenvalue weighted by molar-refractivity contribution is 0.115. The molecule has 2 unspecified atom stereocenters. The Balaban J connectivity index is 1.91. The number of nitrogens with zero attached hydrogens (tertiary/aromatic N) is 1. The first-order valence-electron chi connectivity index (χ1n) is 8.33. The van der Waals surface area contributed by atoms with Crippen LogP contribution in [0, 0.1) is 5.92 Å². The first kappa shape index (κ1) is 18.2. The predicted octanol–water partition coefficient (Wildman–Crippen LogP) is 2.28. The van der Waals surface area contributed by atoms with Crippen LogP contribution in [0.25, 0.3) is 0 Å². The van der Waals surface area contributed by atoms with E-state index in [2.05, 4.69) is 12.2 Å². The van der Waals surface area contributed by atoms with Gasteiger partial charge >= 0.3 is 0 Å². The monoisotopic (exact) mass is 340 g/mol. The lowest BCUT2D eigenvalue weighted by atomic mass is 10.0. The Kier molecular flexibility index (Phi) is 6.06. The van der Waals surface area contributed by atoms with Gasteiger partial charge in [0.15, 0.2) is 0 Å². The molecule has 6 heteroatoms. The molecule has 1 saturated heterocycles. The molecule has 1 fully saturated rings. The highest BCUT2D eigenvalue weighted by molar-refractivity contribution is 7.93. The number of anilines is 1. The van der Waals surface area contributed by atoms with E-state index in [1.807, 2.05) is 38.1 Å². The molecule has 0 saturated carbocycles. The zero-order chi connectivity index (χ0) is 17.0. The van der Waals surface area contributed by atoms with Gasteiger partial charge in [0.2, 0.25) is 10.0 Å². The first-order chi connectivity index (χ1) is 10.8. The van der Waals surface area contributed by atoms with Crippen molar-refractivity contribution in [1.29, 1.82) is 0 Å². The van der Waals surface area contributed by atoms with Crippen LogP contribution in [0.4, 0.5) is 5.69 Å². The zero-order valence-electron chi connectivity index (χ0n) is 14.2. The number of hydrogen-bond donors (Lipinski definition) is 2. The minimum atomic E-state index is -3.12. The van der Waals surface area contributed by atoms with Gasteiger partial charge in [0, 0.05) is 12.6 Å². The van der Waals surface area contributed by atoms with E-state index in [-0.39, 0.29) is 23.8 Å². The fraction of sp³-hybridized carbons (Fsp3) is 0.647. The van der Waals surface area contributed by atoms with Crippen molar-refractivity contribution >= 4 is 15.7 Å². The van der Waals surface area contributed by atoms with Gasteiger partial charge in [-0.15, -0.1) is 0 Å². The van der Waals surface area contributed by atoms with Crippen molar-refractivity contribution in [3.63, 3.8) is 0 Å². The SMILES string of the molecule is CC(NCCC(O)C(C)C)c1ccc(N2CCCS2(=O)=O)cc1. The molecule has 0 spiro atoms. The molecule has 2 atom stereocenters. The van der Waals surface area contributed by atoms with E-state index in [1.54, 1.807) is 0 Å². The molecule has 0 aliphatic carbocycles. The van der Waals surface area contributed by atoms with E-state index >= 15 is 0 Å². The molecule has 23 heavy (non-hydrogen) atoms. The molecular weight excluding hydrogens is 312 g/mol. The molecule has 5 nitrogen and oxygen atoms in total. The van der Waals surface area contributed by atoms with Gasteiger partial charge in [-0.05, 0) is 49.9 Å². The molecule has 0 radical (unpaired) electrons. The molecule has 0 aromatic heterocycles. The summed E-state index contributed by atoms with van der Waals surface area (Å²) in [6.45, 7) is 7.42. The van der Waals surface area contributed by atoms with Crippen LogP contribution >= 0.6 is 0 Å². The minimum absolute atomic E-state index is 0.165. The van der Waals surface area contributed by atoms with E-state index in [0.29, 0.717) is 13.0 Å². The number of hydrogen-bond acceptors (Lipinski definition) is 4. The molecule has 1 aliphatic rings.